The third kappa shape index (κ3) is 3.22. The van der Waals surface area contributed by atoms with Gasteiger partial charge < -0.3 is 19.7 Å². The van der Waals surface area contributed by atoms with Gasteiger partial charge in [-0.3, -0.25) is 0 Å². The van der Waals surface area contributed by atoms with Crippen molar-refractivity contribution in [3.8, 4) is 0 Å². The Morgan fingerprint density at radius 1 is 1.24 bits per heavy atom. The number of para-hydroxylation sites is 1. The molecule has 1 saturated heterocycles. The van der Waals surface area contributed by atoms with Gasteiger partial charge in [-0.05, 0) is 12.1 Å². The molecule has 1 aliphatic heterocycles. The summed E-state index contributed by atoms with van der Waals surface area (Å²) in [6.45, 7) is 4.47. The Morgan fingerprint density at radius 3 is 2.86 bits per heavy atom. The van der Waals surface area contributed by atoms with Crippen LogP contribution < -0.4 is 10.2 Å². The van der Waals surface area contributed by atoms with E-state index in [0.717, 1.165) is 55.5 Å². The predicted molar refractivity (Wildman–Crippen MR) is 82.9 cm³/mol. The molecule has 0 unspecified atom stereocenters. The molecule has 1 aliphatic rings. The number of nitrogens with one attached hydrogen (secondary N) is 1. The Bertz CT molecular complexity index is 599. The van der Waals surface area contributed by atoms with E-state index in [-0.39, 0.29) is 0 Å². The Kier molecular flexibility index (Phi) is 4.47. The molecule has 2 heterocycles. The summed E-state index contributed by atoms with van der Waals surface area (Å²) in [4.78, 5) is 11.5. The van der Waals surface area contributed by atoms with Crippen LogP contribution in [0.3, 0.4) is 0 Å². The minimum absolute atomic E-state index is 0.644. The van der Waals surface area contributed by atoms with Crippen molar-refractivity contribution in [1.82, 2.24) is 9.97 Å². The van der Waals surface area contributed by atoms with E-state index in [0.29, 0.717) is 6.61 Å². The molecule has 3 rings (SSSR count). The second kappa shape index (κ2) is 6.69. The van der Waals surface area contributed by atoms with Crippen molar-refractivity contribution in [2.45, 2.75) is 0 Å². The molecule has 6 heteroatoms. The molecule has 0 saturated carbocycles. The van der Waals surface area contributed by atoms with E-state index in [2.05, 4.69) is 20.2 Å². The zero-order valence-corrected chi connectivity index (χ0v) is 12.2. The normalized spacial score (nSPS) is 15.4. The fraction of sp³-hybridized carbons (Fsp3) is 0.467. The second-order valence-corrected chi connectivity index (χ2v) is 4.91. The highest BCUT2D eigenvalue weighted by molar-refractivity contribution is 5.90. The first-order valence-corrected chi connectivity index (χ1v) is 7.21. The van der Waals surface area contributed by atoms with E-state index in [1.807, 2.05) is 24.3 Å². The lowest BCUT2D eigenvalue weighted by Crippen LogP contribution is -2.37. The summed E-state index contributed by atoms with van der Waals surface area (Å²) in [7, 11) is 1.69. The molecule has 0 spiro atoms. The maximum atomic E-state index is 5.39. The Labute approximate surface area is 124 Å². The number of hydrogen-bond acceptors (Lipinski definition) is 6. The number of benzene rings is 1. The van der Waals surface area contributed by atoms with E-state index < -0.39 is 0 Å². The number of hydrogen-bond donors (Lipinski definition) is 1. The molecule has 1 aromatic heterocycles. The lowest BCUT2D eigenvalue weighted by atomic mass is 10.2. The fourth-order valence-electron chi connectivity index (χ4n) is 2.38. The van der Waals surface area contributed by atoms with Gasteiger partial charge in [0.25, 0.3) is 0 Å². The van der Waals surface area contributed by atoms with Crippen molar-refractivity contribution in [1.29, 1.82) is 0 Å². The largest absolute Gasteiger partial charge is 0.383 e. The Hall–Kier alpha value is -1.92. The molecule has 0 radical (unpaired) electrons. The number of aromatic nitrogens is 2. The first kappa shape index (κ1) is 14.0. The summed E-state index contributed by atoms with van der Waals surface area (Å²) in [6.07, 6.45) is 0. The second-order valence-electron chi connectivity index (χ2n) is 4.91. The summed E-state index contributed by atoms with van der Waals surface area (Å²) in [5.74, 6) is 1.62. The van der Waals surface area contributed by atoms with E-state index in [1.165, 1.54) is 0 Å². The van der Waals surface area contributed by atoms with Crippen molar-refractivity contribution in [2.24, 2.45) is 0 Å². The predicted octanol–water partition coefficient (Wildman–Crippen LogP) is 1.52. The number of ether oxygens (including phenoxy) is 2. The molecule has 1 fully saturated rings. The quantitative estimate of drug-likeness (QED) is 0.842. The highest BCUT2D eigenvalue weighted by atomic mass is 16.5. The van der Waals surface area contributed by atoms with Crippen LogP contribution in [-0.2, 0) is 9.47 Å². The van der Waals surface area contributed by atoms with Crippen molar-refractivity contribution >= 4 is 22.7 Å². The minimum atomic E-state index is 0.644. The third-order valence-electron chi connectivity index (χ3n) is 3.48. The van der Waals surface area contributed by atoms with Crippen LogP contribution in [0.25, 0.3) is 10.9 Å². The van der Waals surface area contributed by atoms with Gasteiger partial charge in [0.15, 0.2) is 0 Å². The standard InChI is InChI=1S/C15H20N4O2/c1-20-9-6-16-14-12-4-2-3-5-13(12)17-15(18-14)19-7-10-21-11-8-19/h2-5H,6-11H2,1H3,(H,16,17,18). The molecule has 21 heavy (non-hydrogen) atoms. The number of morpholine rings is 1. The first-order valence-electron chi connectivity index (χ1n) is 7.21. The van der Waals surface area contributed by atoms with Gasteiger partial charge in [0.05, 0.1) is 25.3 Å². The van der Waals surface area contributed by atoms with Crippen molar-refractivity contribution in [2.75, 3.05) is 56.8 Å². The number of fused-ring (bicyclic) bond motifs is 1. The molecule has 2 aromatic rings. The molecule has 0 amide bonds. The maximum Gasteiger partial charge on any atom is 0.228 e. The number of nitrogens with zero attached hydrogens (tertiary/aromatic N) is 3. The van der Waals surface area contributed by atoms with Crippen molar-refractivity contribution in [3.05, 3.63) is 24.3 Å². The average molecular weight is 288 g/mol. The van der Waals surface area contributed by atoms with Gasteiger partial charge in [-0.2, -0.15) is 4.98 Å². The molecular formula is C15H20N4O2. The van der Waals surface area contributed by atoms with E-state index in [9.17, 15) is 0 Å². The van der Waals surface area contributed by atoms with Crippen LogP contribution in [0.15, 0.2) is 24.3 Å². The lowest BCUT2D eigenvalue weighted by Gasteiger charge is -2.27. The van der Waals surface area contributed by atoms with Crippen molar-refractivity contribution < 1.29 is 9.47 Å². The zero-order chi connectivity index (χ0) is 14.5. The lowest BCUT2D eigenvalue weighted by molar-refractivity contribution is 0.122. The van der Waals surface area contributed by atoms with Crippen LogP contribution in [0.2, 0.25) is 0 Å². The van der Waals surface area contributed by atoms with Crippen LogP contribution in [0, 0.1) is 0 Å². The molecule has 1 aromatic carbocycles. The summed E-state index contributed by atoms with van der Waals surface area (Å²) >= 11 is 0. The van der Waals surface area contributed by atoms with Gasteiger partial charge in [0.2, 0.25) is 5.95 Å². The summed E-state index contributed by atoms with van der Waals surface area (Å²) < 4.78 is 10.5. The monoisotopic (exact) mass is 288 g/mol. The van der Waals surface area contributed by atoms with Gasteiger partial charge in [-0.25, -0.2) is 4.98 Å². The highest BCUT2D eigenvalue weighted by Gasteiger charge is 2.16. The summed E-state index contributed by atoms with van der Waals surface area (Å²) in [6, 6.07) is 8.05. The Morgan fingerprint density at radius 2 is 2.05 bits per heavy atom. The Balaban J connectivity index is 1.93. The maximum absolute atomic E-state index is 5.39. The molecule has 6 nitrogen and oxygen atoms in total. The van der Waals surface area contributed by atoms with Gasteiger partial charge in [-0.1, -0.05) is 12.1 Å². The molecule has 112 valence electrons. The number of rotatable bonds is 5. The van der Waals surface area contributed by atoms with Crippen molar-refractivity contribution in [3.63, 3.8) is 0 Å². The van der Waals surface area contributed by atoms with E-state index in [4.69, 9.17) is 9.47 Å². The molecular weight excluding hydrogens is 268 g/mol. The molecule has 0 bridgehead atoms. The van der Waals surface area contributed by atoms with Crippen LogP contribution in [0.1, 0.15) is 0 Å². The summed E-state index contributed by atoms with van der Waals surface area (Å²) in [5, 5.41) is 4.37. The number of anilines is 2. The topological polar surface area (TPSA) is 59.5 Å². The first-order chi connectivity index (χ1) is 10.4. The third-order valence-corrected chi connectivity index (χ3v) is 3.48. The zero-order valence-electron chi connectivity index (χ0n) is 12.2. The van der Waals surface area contributed by atoms with Crippen LogP contribution >= 0.6 is 0 Å². The molecule has 1 N–H and O–H groups in total. The smallest absolute Gasteiger partial charge is 0.228 e. The minimum Gasteiger partial charge on any atom is -0.383 e. The van der Waals surface area contributed by atoms with Gasteiger partial charge in [0, 0.05) is 32.1 Å². The van der Waals surface area contributed by atoms with Crippen LogP contribution in [0.5, 0.6) is 0 Å². The number of methoxy groups -OCH3 is 1. The molecule has 0 aliphatic carbocycles. The van der Waals surface area contributed by atoms with Gasteiger partial charge >= 0.3 is 0 Å². The SMILES string of the molecule is COCCNc1nc(N2CCOCC2)nc2ccccc12. The van der Waals surface area contributed by atoms with Crippen LogP contribution in [-0.4, -0.2) is 56.5 Å². The average Bonchev–Trinajstić information content (AvgIpc) is 2.55. The van der Waals surface area contributed by atoms with Gasteiger partial charge in [0.1, 0.15) is 5.82 Å². The van der Waals surface area contributed by atoms with E-state index >= 15 is 0 Å². The van der Waals surface area contributed by atoms with Crippen LogP contribution in [0.4, 0.5) is 11.8 Å². The van der Waals surface area contributed by atoms with E-state index in [1.54, 1.807) is 7.11 Å². The fourth-order valence-corrected chi connectivity index (χ4v) is 2.38. The molecule has 0 atom stereocenters. The summed E-state index contributed by atoms with van der Waals surface area (Å²) in [5.41, 5.74) is 0.953. The van der Waals surface area contributed by atoms with Gasteiger partial charge in [-0.15, -0.1) is 0 Å². The highest BCUT2D eigenvalue weighted by Crippen LogP contribution is 2.23.